The zero-order valence-electron chi connectivity index (χ0n) is 10.7. The Balaban J connectivity index is 2.29. The monoisotopic (exact) mass is 262 g/mol. The lowest BCUT2D eigenvalue weighted by atomic mass is 9.89. The van der Waals surface area contributed by atoms with Gasteiger partial charge in [0.2, 0.25) is 0 Å². The summed E-state index contributed by atoms with van der Waals surface area (Å²) in [7, 11) is 0. The van der Waals surface area contributed by atoms with Gasteiger partial charge in [-0.25, -0.2) is 8.78 Å². The van der Waals surface area contributed by atoms with Crippen molar-refractivity contribution in [2.75, 3.05) is 6.61 Å². The van der Waals surface area contributed by atoms with Crippen LogP contribution in [0, 0.1) is 18.6 Å². The minimum atomic E-state index is -0.460. The summed E-state index contributed by atoms with van der Waals surface area (Å²) in [4.78, 5) is 0. The predicted octanol–water partition coefficient (Wildman–Crippen LogP) is 3.59. The van der Waals surface area contributed by atoms with E-state index in [9.17, 15) is 13.9 Å². The molecule has 0 aliphatic heterocycles. The van der Waals surface area contributed by atoms with Gasteiger partial charge < -0.3 is 5.11 Å². The van der Waals surface area contributed by atoms with E-state index in [0.717, 1.165) is 23.3 Å². The summed E-state index contributed by atoms with van der Waals surface area (Å²) in [5.74, 6) is -1.12. The first-order valence-electron chi connectivity index (χ1n) is 6.22. The number of halogens is 2. The van der Waals surface area contributed by atoms with Crippen LogP contribution in [-0.2, 0) is 6.42 Å². The topological polar surface area (TPSA) is 20.2 Å². The first-order valence-corrected chi connectivity index (χ1v) is 6.22. The number of rotatable bonds is 4. The third kappa shape index (κ3) is 3.18. The fourth-order valence-electron chi connectivity index (χ4n) is 2.28. The molecule has 0 amide bonds. The number of aliphatic hydroxyl groups excluding tert-OH is 1. The number of aliphatic hydroxyl groups is 1. The van der Waals surface area contributed by atoms with Crippen LogP contribution >= 0.6 is 0 Å². The standard InChI is InChI=1S/C16H16F2O/c1-11-4-2-3-5-15(11)13(10-19)8-12-9-14(17)6-7-16(12)18/h2-7,9,13,19H,8,10H2,1H3. The Bertz CT molecular complexity index is 566. The molecule has 2 rings (SSSR count). The summed E-state index contributed by atoms with van der Waals surface area (Å²) < 4.78 is 26.8. The Labute approximate surface area is 111 Å². The van der Waals surface area contributed by atoms with Gasteiger partial charge in [0, 0.05) is 5.92 Å². The van der Waals surface area contributed by atoms with Gasteiger partial charge in [-0.05, 0) is 48.2 Å². The summed E-state index contributed by atoms with van der Waals surface area (Å²) in [5, 5.41) is 9.51. The van der Waals surface area contributed by atoms with Gasteiger partial charge in [0.05, 0.1) is 6.61 Å². The Morgan fingerprint density at radius 2 is 1.84 bits per heavy atom. The smallest absolute Gasteiger partial charge is 0.126 e. The molecule has 0 fully saturated rings. The highest BCUT2D eigenvalue weighted by molar-refractivity contribution is 5.31. The van der Waals surface area contributed by atoms with E-state index in [1.54, 1.807) is 0 Å². The van der Waals surface area contributed by atoms with Crippen LogP contribution in [0.25, 0.3) is 0 Å². The molecular weight excluding hydrogens is 246 g/mol. The van der Waals surface area contributed by atoms with Crippen LogP contribution in [0.15, 0.2) is 42.5 Å². The summed E-state index contributed by atoms with van der Waals surface area (Å²) in [5.41, 5.74) is 2.30. The molecule has 1 N–H and O–H groups in total. The summed E-state index contributed by atoms with van der Waals surface area (Å²) in [6.07, 6.45) is 0.283. The van der Waals surface area contributed by atoms with E-state index < -0.39 is 11.6 Å². The highest BCUT2D eigenvalue weighted by atomic mass is 19.1. The predicted molar refractivity (Wildman–Crippen MR) is 71.1 cm³/mol. The summed E-state index contributed by atoms with van der Waals surface area (Å²) >= 11 is 0. The van der Waals surface area contributed by atoms with Crippen molar-refractivity contribution in [3.05, 3.63) is 70.8 Å². The van der Waals surface area contributed by atoms with Crippen molar-refractivity contribution in [2.45, 2.75) is 19.3 Å². The highest BCUT2D eigenvalue weighted by Crippen LogP contribution is 2.25. The second-order valence-electron chi connectivity index (χ2n) is 4.68. The molecule has 0 aromatic heterocycles. The lowest BCUT2D eigenvalue weighted by Crippen LogP contribution is -2.10. The maximum Gasteiger partial charge on any atom is 0.126 e. The summed E-state index contributed by atoms with van der Waals surface area (Å²) in [6, 6.07) is 11.1. The lowest BCUT2D eigenvalue weighted by Gasteiger charge is -2.17. The average Bonchev–Trinajstić information content (AvgIpc) is 2.41. The molecule has 0 aliphatic carbocycles. The van der Waals surface area contributed by atoms with Crippen LogP contribution in [0.4, 0.5) is 8.78 Å². The van der Waals surface area contributed by atoms with E-state index in [4.69, 9.17) is 0 Å². The van der Waals surface area contributed by atoms with E-state index in [-0.39, 0.29) is 18.9 Å². The molecular formula is C16H16F2O. The Morgan fingerprint density at radius 3 is 2.53 bits per heavy atom. The van der Waals surface area contributed by atoms with Crippen LogP contribution in [0.2, 0.25) is 0 Å². The van der Waals surface area contributed by atoms with Gasteiger partial charge in [-0.1, -0.05) is 24.3 Å². The van der Waals surface area contributed by atoms with Crippen molar-refractivity contribution in [2.24, 2.45) is 0 Å². The quantitative estimate of drug-likeness (QED) is 0.892. The number of aryl methyl sites for hydroxylation is 1. The molecule has 0 saturated heterocycles. The normalized spacial score (nSPS) is 12.4. The maximum atomic E-state index is 13.6. The molecule has 0 bridgehead atoms. The van der Waals surface area contributed by atoms with Crippen LogP contribution in [0.3, 0.4) is 0 Å². The van der Waals surface area contributed by atoms with Gasteiger partial charge in [-0.2, -0.15) is 0 Å². The van der Waals surface area contributed by atoms with Gasteiger partial charge >= 0.3 is 0 Å². The lowest BCUT2D eigenvalue weighted by molar-refractivity contribution is 0.263. The second-order valence-corrected chi connectivity index (χ2v) is 4.68. The molecule has 0 radical (unpaired) electrons. The van der Waals surface area contributed by atoms with Crippen molar-refractivity contribution in [3.63, 3.8) is 0 Å². The molecule has 0 heterocycles. The second kappa shape index (κ2) is 5.93. The van der Waals surface area contributed by atoms with Gasteiger partial charge in [0.1, 0.15) is 11.6 Å². The van der Waals surface area contributed by atoms with Crippen LogP contribution in [-0.4, -0.2) is 11.7 Å². The Morgan fingerprint density at radius 1 is 1.11 bits per heavy atom. The first kappa shape index (κ1) is 13.7. The molecule has 2 aromatic carbocycles. The van der Waals surface area contributed by atoms with E-state index >= 15 is 0 Å². The molecule has 1 unspecified atom stereocenters. The number of hydrogen-bond acceptors (Lipinski definition) is 1. The van der Waals surface area contributed by atoms with E-state index in [0.29, 0.717) is 5.56 Å². The SMILES string of the molecule is Cc1ccccc1C(CO)Cc1cc(F)ccc1F. The third-order valence-electron chi connectivity index (χ3n) is 3.32. The molecule has 1 atom stereocenters. The van der Waals surface area contributed by atoms with Crippen LogP contribution in [0.1, 0.15) is 22.6 Å². The largest absolute Gasteiger partial charge is 0.396 e. The van der Waals surface area contributed by atoms with Crippen molar-refractivity contribution >= 4 is 0 Å². The first-order chi connectivity index (χ1) is 9.11. The third-order valence-corrected chi connectivity index (χ3v) is 3.32. The highest BCUT2D eigenvalue weighted by Gasteiger charge is 2.16. The zero-order valence-corrected chi connectivity index (χ0v) is 10.7. The average molecular weight is 262 g/mol. The van der Waals surface area contributed by atoms with Crippen LogP contribution in [0.5, 0.6) is 0 Å². The van der Waals surface area contributed by atoms with Crippen molar-refractivity contribution < 1.29 is 13.9 Å². The molecule has 0 saturated carbocycles. The number of hydrogen-bond donors (Lipinski definition) is 1. The van der Waals surface area contributed by atoms with Crippen molar-refractivity contribution in [1.29, 1.82) is 0 Å². The minimum absolute atomic E-state index is 0.0964. The van der Waals surface area contributed by atoms with E-state index in [1.165, 1.54) is 6.07 Å². The molecule has 2 aromatic rings. The van der Waals surface area contributed by atoms with E-state index in [2.05, 4.69) is 0 Å². The minimum Gasteiger partial charge on any atom is -0.396 e. The maximum absolute atomic E-state index is 13.6. The van der Waals surface area contributed by atoms with Gasteiger partial charge in [-0.15, -0.1) is 0 Å². The summed E-state index contributed by atoms with van der Waals surface area (Å²) in [6.45, 7) is 1.85. The Hall–Kier alpha value is -1.74. The van der Waals surface area contributed by atoms with Gasteiger partial charge in [-0.3, -0.25) is 0 Å². The fraction of sp³-hybridized carbons (Fsp3) is 0.250. The molecule has 3 heteroatoms. The fourth-order valence-corrected chi connectivity index (χ4v) is 2.28. The van der Waals surface area contributed by atoms with Crippen molar-refractivity contribution in [1.82, 2.24) is 0 Å². The Kier molecular flexibility index (Phi) is 4.27. The van der Waals surface area contributed by atoms with Crippen LogP contribution < -0.4 is 0 Å². The molecule has 0 aliphatic rings. The van der Waals surface area contributed by atoms with Crippen molar-refractivity contribution in [3.8, 4) is 0 Å². The zero-order chi connectivity index (χ0) is 13.8. The molecule has 100 valence electrons. The number of benzene rings is 2. The van der Waals surface area contributed by atoms with E-state index in [1.807, 2.05) is 31.2 Å². The molecule has 19 heavy (non-hydrogen) atoms. The van der Waals surface area contributed by atoms with Gasteiger partial charge in [0.15, 0.2) is 0 Å². The molecule has 1 nitrogen and oxygen atoms in total. The van der Waals surface area contributed by atoms with Gasteiger partial charge in [0.25, 0.3) is 0 Å². The molecule has 0 spiro atoms.